The number of methoxy groups -OCH3 is 1. The Hall–Kier alpha value is -4.57. The number of alkyl carbamates (subject to hydrolysis) is 1. The van der Waals surface area contributed by atoms with Crippen LogP contribution >= 0.6 is 11.3 Å². The number of hydrazine groups is 1. The highest BCUT2D eigenvalue weighted by molar-refractivity contribution is 7.10. The van der Waals surface area contributed by atoms with Gasteiger partial charge in [-0.2, -0.15) is 0 Å². The molecule has 3 aromatic heterocycles. The molecule has 58 heavy (non-hydrogen) atoms. The predicted molar refractivity (Wildman–Crippen MR) is 226 cm³/mol. The molecular formula is C43H58N8O6S. The zero-order chi connectivity index (χ0) is 41.4. The number of benzene rings is 1. The van der Waals surface area contributed by atoms with Crippen LogP contribution in [0.15, 0.2) is 35.8 Å². The zero-order valence-electron chi connectivity index (χ0n) is 35.1. The minimum absolute atomic E-state index is 0.144. The molecule has 2 saturated heterocycles. The summed E-state index contributed by atoms with van der Waals surface area (Å²) in [5, 5.41) is 11.5. The number of carbonyl (C=O) groups excluding carboxylic acids is 3. The molecule has 3 aliphatic heterocycles. The van der Waals surface area contributed by atoms with Crippen molar-refractivity contribution in [2.24, 2.45) is 5.41 Å². The maximum absolute atomic E-state index is 14.1. The molecule has 4 aromatic rings. The van der Waals surface area contributed by atoms with Crippen LogP contribution in [0.3, 0.4) is 0 Å². The molecule has 3 aliphatic rings. The molecule has 312 valence electrons. The SMILES string of the molecule is CCn1c(-c2cc(N3CCNCC3)cnc2[C@H](C)OC)c2c3cc(ccc31)-c1csc(n1)C[C@H](NC(=O)OC(C)(C)C)C(=O)N1CCC[C@H](N1)C(=O)OCC(C)(C)C2. The molecule has 3 N–H and O–H groups in total. The highest BCUT2D eigenvalue weighted by Crippen LogP contribution is 2.43. The van der Waals surface area contributed by atoms with E-state index < -0.39 is 35.2 Å². The maximum Gasteiger partial charge on any atom is 0.408 e. The van der Waals surface area contributed by atoms with Gasteiger partial charge in [0.1, 0.15) is 17.7 Å². The third-order valence-corrected chi connectivity index (χ3v) is 11.9. The van der Waals surface area contributed by atoms with Crippen molar-refractivity contribution in [2.75, 3.05) is 51.3 Å². The number of pyridine rings is 1. The lowest BCUT2D eigenvalue weighted by atomic mass is 9.84. The van der Waals surface area contributed by atoms with Crippen molar-refractivity contribution in [3.05, 3.63) is 52.1 Å². The average molecular weight is 815 g/mol. The highest BCUT2D eigenvalue weighted by atomic mass is 32.1. The second-order valence-electron chi connectivity index (χ2n) is 17.3. The Morgan fingerprint density at radius 2 is 1.93 bits per heavy atom. The molecule has 15 heteroatoms. The van der Waals surface area contributed by atoms with E-state index in [1.54, 1.807) is 27.9 Å². The topological polar surface area (TPSA) is 152 Å². The molecule has 6 heterocycles. The summed E-state index contributed by atoms with van der Waals surface area (Å²) in [4.78, 5) is 53.4. The number of rotatable bonds is 6. The molecule has 3 atom stereocenters. The number of fused-ring (bicyclic) bond motifs is 6. The minimum atomic E-state index is -0.988. The molecular weight excluding hydrogens is 757 g/mol. The van der Waals surface area contributed by atoms with Crippen molar-refractivity contribution in [3.63, 3.8) is 0 Å². The van der Waals surface area contributed by atoms with Gasteiger partial charge in [0.2, 0.25) is 0 Å². The van der Waals surface area contributed by atoms with E-state index in [0.717, 1.165) is 76.5 Å². The third-order valence-electron chi connectivity index (χ3n) is 11.1. The van der Waals surface area contributed by atoms with Gasteiger partial charge in [-0.05, 0) is 77.6 Å². The van der Waals surface area contributed by atoms with Gasteiger partial charge in [-0.3, -0.25) is 19.6 Å². The first-order valence-electron chi connectivity index (χ1n) is 20.5. The van der Waals surface area contributed by atoms with Crippen LogP contribution in [0.4, 0.5) is 10.5 Å². The second kappa shape index (κ2) is 17.0. The van der Waals surface area contributed by atoms with Gasteiger partial charge in [0.05, 0.1) is 46.7 Å². The average Bonchev–Trinajstić information content (AvgIpc) is 3.79. The smallest absolute Gasteiger partial charge is 0.408 e. The fourth-order valence-electron chi connectivity index (χ4n) is 8.15. The van der Waals surface area contributed by atoms with E-state index in [1.165, 1.54) is 16.3 Å². The molecule has 2 amide bonds. The third kappa shape index (κ3) is 9.02. The summed E-state index contributed by atoms with van der Waals surface area (Å²) in [6.45, 7) is 18.6. The number of ether oxygens (including phenoxy) is 3. The monoisotopic (exact) mass is 814 g/mol. The number of piperazine rings is 1. The number of carbonyl (C=O) groups is 3. The molecule has 0 saturated carbocycles. The number of esters is 1. The Morgan fingerprint density at radius 1 is 1.16 bits per heavy atom. The van der Waals surface area contributed by atoms with Gasteiger partial charge in [-0.1, -0.05) is 19.9 Å². The van der Waals surface area contributed by atoms with Crippen LogP contribution in [-0.4, -0.2) is 102 Å². The van der Waals surface area contributed by atoms with E-state index >= 15 is 0 Å². The summed E-state index contributed by atoms with van der Waals surface area (Å²) in [5.41, 5.74) is 9.83. The van der Waals surface area contributed by atoms with E-state index in [2.05, 4.69) is 70.6 Å². The number of nitrogens with zero attached hydrogens (tertiary/aromatic N) is 5. The van der Waals surface area contributed by atoms with Crippen molar-refractivity contribution in [1.29, 1.82) is 0 Å². The first kappa shape index (κ1) is 41.6. The van der Waals surface area contributed by atoms with E-state index in [9.17, 15) is 14.4 Å². The molecule has 0 aliphatic carbocycles. The van der Waals surface area contributed by atoms with E-state index in [1.807, 2.05) is 18.5 Å². The number of nitrogens with one attached hydrogen (secondary N) is 3. The van der Waals surface area contributed by atoms with Crippen LogP contribution in [0.2, 0.25) is 0 Å². The molecule has 14 nitrogen and oxygen atoms in total. The van der Waals surface area contributed by atoms with Gasteiger partial charge in [0, 0.05) is 85.6 Å². The van der Waals surface area contributed by atoms with Crippen LogP contribution in [0, 0.1) is 5.41 Å². The predicted octanol–water partition coefficient (Wildman–Crippen LogP) is 6.02. The van der Waals surface area contributed by atoms with Gasteiger partial charge >= 0.3 is 12.1 Å². The number of anilines is 1. The lowest BCUT2D eigenvalue weighted by molar-refractivity contribution is -0.155. The number of aryl methyl sites for hydroxylation is 1. The van der Waals surface area contributed by atoms with Crippen molar-refractivity contribution in [3.8, 4) is 22.5 Å². The second-order valence-corrected chi connectivity index (χ2v) is 18.3. The molecule has 6 bridgehead atoms. The first-order valence-corrected chi connectivity index (χ1v) is 21.3. The highest BCUT2D eigenvalue weighted by Gasteiger charge is 2.36. The summed E-state index contributed by atoms with van der Waals surface area (Å²) < 4.78 is 20.0. The standard InChI is InChI=1S/C43H58N8O6S/c1-9-50-35-13-12-27-19-29(35)31(38(50)30-20-28(49-17-14-44-15-18-49)23-45-37(30)26(2)55-8)22-43(6,7)25-56-40(53)32-11-10-16-51(48-32)39(52)33(21-36-46-34(27)24-58-36)47-41(54)57-42(3,4)5/h12-13,19-20,23-24,26,32-33,44,48H,9-11,14-18,21-22,25H2,1-8H3,(H,47,54)/t26-,32-,33-/m0/s1. The number of hydrogen-bond donors (Lipinski definition) is 3. The maximum atomic E-state index is 14.1. The number of hydrogen-bond acceptors (Lipinski definition) is 12. The van der Waals surface area contributed by atoms with Gasteiger partial charge < -0.3 is 34.3 Å². The van der Waals surface area contributed by atoms with Crippen LogP contribution in [0.5, 0.6) is 0 Å². The van der Waals surface area contributed by atoms with Crippen molar-refractivity contribution in [2.45, 2.75) is 104 Å². The van der Waals surface area contributed by atoms with E-state index in [4.69, 9.17) is 24.2 Å². The van der Waals surface area contributed by atoms with E-state index in [-0.39, 0.29) is 25.0 Å². The normalized spacial score (nSPS) is 21.0. The van der Waals surface area contributed by atoms with Gasteiger partial charge in [-0.25, -0.2) is 15.2 Å². The lowest BCUT2D eigenvalue weighted by Gasteiger charge is -2.35. The van der Waals surface area contributed by atoms with Gasteiger partial charge in [0.25, 0.3) is 5.91 Å². The molecule has 0 unspecified atom stereocenters. The Kier molecular flexibility index (Phi) is 12.2. The van der Waals surface area contributed by atoms with E-state index in [0.29, 0.717) is 37.4 Å². The molecule has 7 rings (SSSR count). The number of cyclic esters (lactones) is 1. The Labute approximate surface area is 345 Å². The summed E-state index contributed by atoms with van der Waals surface area (Å²) in [7, 11) is 1.72. The molecule has 0 spiro atoms. The Morgan fingerprint density at radius 3 is 2.66 bits per heavy atom. The fourth-order valence-corrected chi connectivity index (χ4v) is 9.00. The van der Waals surface area contributed by atoms with Crippen LogP contribution in [-0.2, 0) is 43.2 Å². The number of thiazole rings is 1. The van der Waals surface area contributed by atoms with Crippen molar-refractivity contribution >= 4 is 45.9 Å². The number of aromatic nitrogens is 3. The minimum Gasteiger partial charge on any atom is -0.464 e. The number of amides is 2. The zero-order valence-corrected chi connectivity index (χ0v) is 35.9. The Bertz CT molecular complexity index is 2150. The molecule has 1 aromatic carbocycles. The van der Waals surface area contributed by atoms with Crippen LogP contribution < -0.4 is 21.0 Å². The molecule has 0 radical (unpaired) electrons. The van der Waals surface area contributed by atoms with Crippen LogP contribution in [0.25, 0.3) is 33.4 Å². The van der Waals surface area contributed by atoms with Crippen molar-refractivity contribution < 1.29 is 28.6 Å². The summed E-state index contributed by atoms with van der Waals surface area (Å²) in [6.07, 6.45) is 2.85. The first-order chi connectivity index (χ1) is 27.6. The summed E-state index contributed by atoms with van der Waals surface area (Å²) in [6, 6.07) is 7.03. The Balaban J connectivity index is 1.38. The fraction of sp³-hybridized carbons (Fsp3) is 0.558. The van der Waals surface area contributed by atoms with Gasteiger partial charge in [0.15, 0.2) is 0 Å². The van der Waals surface area contributed by atoms with Crippen molar-refractivity contribution in [1.82, 2.24) is 35.6 Å². The largest absolute Gasteiger partial charge is 0.464 e. The van der Waals surface area contributed by atoms with Gasteiger partial charge in [-0.15, -0.1) is 11.3 Å². The lowest BCUT2D eigenvalue weighted by Crippen LogP contribution is -2.60. The van der Waals surface area contributed by atoms with Crippen LogP contribution in [0.1, 0.15) is 83.7 Å². The summed E-state index contributed by atoms with van der Waals surface area (Å²) in [5.74, 6) is -0.797. The summed E-state index contributed by atoms with van der Waals surface area (Å²) >= 11 is 1.44. The quantitative estimate of drug-likeness (QED) is 0.196. The molecule has 2 fully saturated rings.